The number of piperidine rings is 1. The Balaban J connectivity index is 1.27. The average molecular weight is 499 g/mol. The number of benzene rings is 1. The van der Waals surface area contributed by atoms with Crippen molar-refractivity contribution in [3.63, 3.8) is 0 Å². The fraction of sp³-hybridized carbons (Fsp3) is 0.440. The van der Waals surface area contributed by atoms with E-state index in [0.29, 0.717) is 50.3 Å². The maximum Gasteiger partial charge on any atom is 0.414 e. The summed E-state index contributed by atoms with van der Waals surface area (Å²) in [6.07, 6.45) is 1.47. The Kier molecular flexibility index (Phi) is 7.70. The van der Waals surface area contributed by atoms with Gasteiger partial charge in [0.1, 0.15) is 11.9 Å². The first-order valence-corrected chi connectivity index (χ1v) is 11.9. The van der Waals surface area contributed by atoms with Crippen molar-refractivity contribution < 1.29 is 33.4 Å². The van der Waals surface area contributed by atoms with Crippen molar-refractivity contribution in [1.29, 1.82) is 5.41 Å². The molecule has 0 bridgehead atoms. The number of anilines is 1. The number of amidine groups is 1. The van der Waals surface area contributed by atoms with E-state index in [-0.39, 0.29) is 30.7 Å². The standard InChI is InChI=1S/C25H30N4O7/c1-2-34-21(30)14-25(33)9-11-28(12-10-25)15-19-16-29(24(32)36-19)18-7-5-17(6-8-18)22(26)27-23(31)20-4-3-13-35-20/h3-8,13,19,33H,2,9-12,14-16H2,1H3,(H2,26,27,31). The molecule has 2 aromatic rings. The number of aliphatic hydroxyl groups is 1. The number of hydrogen-bond donors (Lipinski definition) is 3. The Hall–Kier alpha value is -3.70. The van der Waals surface area contributed by atoms with Crippen LogP contribution < -0.4 is 10.2 Å². The zero-order valence-corrected chi connectivity index (χ0v) is 20.1. The highest BCUT2D eigenvalue weighted by atomic mass is 16.6. The molecule has 1 atom stereocenters. The highest BCUT2D eigenvalue weighted by Crippen LogP contribution is 2.28. The summed E-state index contributed by atoms with van der Waals surface area (Å²) in [5.74, 6) is -0.885. The van der Waals surface area contributed by atoms with E-state index < -0.39 is 23.6 Å². The van der Waals surface area contributed by atoms with Gasteiger partial charge in [0.25, 0.3) is 5.91 Å². The lowest BCUT2D eigenvalue weighted by Crippen LogP contribution is -2.48. The molecule has 3 heterocycles. The number of hydrogen-bond acceptors (Lipinski definition) is 9. The molecule has 0 saturated carbocycles. The third kappa shape index (κ3) is 6.10. The number of furan rings is 1. The monoisotopic (exact) mass is 498 g/mol. The molecule has 1 unspecified atom stereocenters. The summed E-state index contributed by atoms with van der Waals surface area (Å²) >= 11 is 0. The van der Waals surface area contributed by atoms with Crippen LogP contribution >= 0.6 is 0 Å². The average Bonchev–Trinajstić information content (AvgIpc) is 3.51. The predicted octanol–water partition coefficient (Wildman–Crippen LogP) is 2.14. The molecule has 0 radical (unpaired) electrons. The molecule has 11 heteroatoms. The van der Waals surface area contributed by atoms with Gasteiger partial charge in [-0.2, -0.15) is 0 Å². The van der Waals surface area contributed by atoms with Gasteiger partial charge in [-0.25, -0.2) is 4.79 Å². The second-order valence-electron chi connectivity index (χ2n) is 8.98. The molecular weight excluding hydrogens is 468 g/mol. The molecule has 0 aliphatic carbocycles. The second-order valence-corrected chi connectivity index (χ2v) is 8.98. The van der Waals surface area contributed by atoms with Gasteiger partial charge in [0.05, 0.1) is 31.4 Å². The maximum absolute atomic E-state index is 12.5. The molecule has 2 fully saturated rings. The number of rotatable bonds is 8. The van der Waals surface area contributed by atoms with E-state index in [0.717, 1.165) is 0 Å². The molecule has 2 aliphatic rings. The van der Waals surface area contributed by atoms with Gasteiger partial charge in [-0.05, 0) is 56.2 Å². The summed E-state index contributed by atoms with van der Waals surface area (Å²) in [5.41, 5.74) is 0.0406. The molecule has 0 spiro atoms. The zero-order valence-electron chi connectivity index (χ0n) is 20.1. The molecule has 2 amide bonds. The van der Waals surface area contributed by atoms with Gasteiger partial charge in [0, 0.05) is 30.9 Å². The topological polar surface area (TPSA) is 145 Å². The SMILES string of the molecule is CCOC(=O)CC1(O)CCN(CC2CN(c3ccc(C(=N)NC(=O)c4ccco4)cc3)C(=O)O2)CC1. The van der Waals surface area contributed by atoms with Crippen molar-refractivity contribution >= 4 is 29.5 Å². The van der Waals surface area contributed by atoms with E-state index in [1.165, 1.54) is 17.2 Å². The molecule has 1 aromatic heterocycles. The van der Waals surface area contributed by atoms with Crippen LogP contribution in [-0.2, 0) is 14.3 Å². The number of ether oxygens (including phenoxy) is 2. The lowest BCUT2D eigenvalue weighted by molar-refractivity contribution is -0.150. The Morgan fingerprint density at radius 3 is 2.58 bits per heavy atom. The van der Waals surface area contributed by atoms with Crippen LogP contribution in [-0.4, -0.2) is 78.3 Å². The summed E-state index contributed by atoms with van der Waals surface area (Å²) in [4.78, 5) is 39.9. The number of carbonyl (C=O) groups is 3. The van der Waals surface area contributed by atoms with Crippen LogP contribution in [0, 0.1) is 5.41 Å². The minimum atomic E-state index is -1.06. The third-order valence-electron chi connectivity index (χ3n) is 6.35. The highest BCUT2D eigenvalue weighted by molar-refractivity contribution is 6.10. The van der Waals surface area contributed by atoms with Crippen molar-refractivity contribution in [2.24, 2.45) is 0 Å². The number of carbonyl (C=O) groups excluding carboxylic acids is 3. The number of esters is 1. The first-order valence-electron chi connectivity index (χ1n) is 11.9. The minimum Gasteiger partial charge on any atom is -0.466 e. The molecule has 4 rings (SSSR count). The fourth-order valence-corrected chi connectivity index (χ4v) is 4.39. The fourth-order valence-electron chi connectivity index (χ4n) is 4.39. The van der Waals surface area contributed by atoms with Crippen molar-refractivity contribution in [2.75, 3.05) is 37.7 Å². The van der Waals surface area contributed by atoms with E-state index in [2.05, 4.69) is 10.2 Å². The lowest BCUT2D eigenvalue weighted by Gasteiger charge is -2.38. The molecule has 192 valence electrons. The van der Waals surface area contributed by atoms with Crippen LogP contribution in [0.15, 0.2) is 47.1 Å². The Morgan fingerprint density at radius 1 is 1.22 bits per heavy atom. The van der Waals surface area contributed by atoms with Crippen molar-refractivity contribution in [1.82, 2.24) is 10.2 Å². The van der Waals surface area contributed by atoms with Crippen molar-refractivity contribution in [3.8, 4) is 0 Å². The molecule has 1 aromatic carbocycles. The van der Waals surface area contributed by atoms with Crippen molar-refractivity contribution in [3.05, 3.63) is 54.0 Å². The van der Waals surface area contributed by atoms with Gasteiger partial charge in [-0.15, -0.1) is 0 Å². The molecular formula is C25H30N4O7. The quantitative estimate of drug-likeness (QED) is 0.285. The maximum atomic E-state index is 12.5. The molecule has 36 heavy (non-hydrogen) atoms. The zero-order chi connectivity index (χ0) is 25.7. The number of amides is 2. The van der Waals surface area contributed by atoms with Crippen LogP contribution in [0.3, 0.4) is 0 Å². The normalized spacial score (nSPS) is 19.6. The molecule has 2 saturated heterocycles. The summed E-state index contributed by atoms with van der Waals surface area (Å²) in [7, 11) is 0. The van der Waals surface area contributed by atoms with Crippen LogP contribution in [0.4, 0.5) is 10.5 Å². The van der Waals surface area contributed by atoms with E-state index in [1.807, 2.05) is 0 Å². The Bertz CT molecular complexity index is 1090. The van der Waals surface area contributed by atoms with Gasteiger partial charge in [-0.1, -0.05) is 0 Å². The summed E-state index contributed by atoms with van der Waals surface area (Å²) in [6, 6.07) is 9.79. The van der Waals surface area contributed by atoms with Crippen LogP contribution in [0.1, 0.15) is 42.3 Å². The van der Waals surface area contributed by atoms with Crippen LogP contribution in [0.2, 0.25) is 0 Å². The molecule has 2 aliphatic heterocycles. The van der Waals surface area contributed by atoms with E-state index in [4.69, 9.17) is 19.3 Å². The van der Waals surface area contributed by atoms with E-state index >= 15 is 0 Å². The Morgan fingerprint density at radius 2 is 1.94 bits per heavy atom. The number of likely N-dealkylation sites (tertiary alicyclic amines) is 1. The van der Waals surface area contributed by atoms with Gasteiger partial charge < -0.3 is 24.3 Å². The number of nitrogens with one attached hydrogen (secondary N) is 2. The summed E-state index contributed by atoms with van der Waals surface area (Å²) < 4.78 is 15.5. The first kappa shape index (κ1) is 25.4. The number of cyclic esters (lactones) is 1. The lowest BCUT2D eigenvalue weighted by atomic mass is 9.88. The predicted molar refractivity (Wildman–Crippen MR) is 129 cm³/mol. The smallest absolute Gasteiger partial charge is 0.414 e. The molecule has 11 nitrogen and oxygen atoms in total. The molecule has 3 N–H and O–H groups in total. The first-order chi connectivity index (χ1) is 17.3. The van der Waals surface area contributed by atoms with Crippen molar-refractivity contribution in [2.45, 2.75) is 37.9 Å². The number of nitrogens with zero attached hydrogens (tertiary/aromatic N) is 2. The van der Waals surface area contributed by atoms with E-state index in [9.17, 15) is 19.5 Å². The summed E-state index contributed by atoms with van der Waals surface area (Å²) in [6.45, 7) is 4.10. The summed E-state index contributed by atoms with van der Waals surface area (Å²) in [5, 5.41) is 21.3. The largest absolute Gasteiger partial charge is 0.466 e. The van der Waals surface area contributed by atoms with E-state index in [1.54, 1.807) is 37.3 Å². The third-order valence-corrected chi connectivity index (χ3v) is 6.35. The van der Waals surface area contributed by atoms with Crippen LogP contribution in [0.5, 0.6) is 0 Å². The highest BCUT2D eigenvalue weighted by Gasteiger charge is 2.38. The Labute approximate surface area is 208 Å². The van der Waals surface area contributed by atoms with Gasteiger partial charge in [-0.3, -0.25) is 24.8 Å². The van der Waals surface area contributed by atoms with Gasteiger partial charge in [0.2, 0.25) is 0 Å². The second kappa shape index (κ2) is 10.9. The minimum absolute atomic E-state index is 0.0130. The van der Waals surface area contributed by atoms with Crippen LogP contribution in [0.25, 0.3) is 0 Å². The van der Waals surface area contributed by atoms with Gasteiger partial charge >= 0.3 is 12.1 Å². The van der Waals surface area contributed by atoms with Gasteiger partial charge in [0.15, 0.2) is 5.76 Å².